The van der Waals surface area contributed by atoms with Crippen molar-refractivity contribution in [2.45, 2.75) is 44.1 Å². The minimum Gasteiger partial charge on any atom is -0.406 e. The lowest BCUT2D eigenvalue weighted by Crippen LogP contribution is -2.45. The number of para-hydroxylation sites is 1. The molecular weight excluding hydrogens is 299 g/mol. The molecule has 0 unspecified atom stereocenters. The number of halogens is 3. The highest BCUT2D eigenvalue weighted by molar-refractivity contribution is 5.85. The summed E-state index contributed by atoms with van der Waals surface area (Å²) >= 11 is 0. The van der Waals surface area contributed by atoms with Gasteiger partial charge in [0.1, 0.15) is 11.4 Å². The Morgan fingerprint density at radius 1 is 1.27 bits per heavy atom. The molecule has 1 fully saturated rings. The van der Waals surface area contributed by atoms with Crippen LogP contribution in [0.25, 0.3) is 0 Å². The number of carbonyl (C=O) groups is 1. The molecule has 2 rings (SSSR count). The minimum atomic E-state index is -4.75. The van der Waals surface area contributed by atoms with Crippen molar-refractivity contribution >= 4 is 5.91 Å². The Hall–Kier alpha value is -1.76. The highest BCUT2D eigenvalue weighted by Crippen LogP contribution is 2.29. The molecule has 0 saturated heterocycles. The number of ether oxygens (including phenoxy) is 1. The summed E-state index contributed by atoms with van der Waals surface area (Å²) in [6.45, 7) is 0.138. The van der Waals surface area contributed by atoms with Gasteiger partial charge in [-0.1, -0.05) is 18.2 Å². The third-order valence-corrected chi connectivity index (χ3v) is 3.73. The van der Waals surface area contributed by atoms with E-state index in [9.17, 15) is 23.1 Å². The van der Waals surface area contributed by atoms with Crippen LogP contribution in [-0.2, 0) is 11.2 Å². The lowest BCUT2D eigenvalue weighted by atomic mass is 10.0. The Bertz CT molecular complexity index is 525. The molecular formula is C15H18F3NO3. The number of hydrogen-bond donors (Lipinski definition) is 2. The van der Waals surface area contributed by atoms with E-state index in [0.717, 1.165) is 12.8 Å². The second-order valence-electron chi connectivity index (χ2n) is 5.40. The Labute approximate surface area is 126 Å². The van der Waals surface area contributed by atoms with E-state index in [1.165, 1.54) is 18.2 Å². The Morgan fingerprint density at radius 3 is 2.55 bits per heavy atom. The first-order valence-corrected chi connectivity index (χ1v) is 7.14. The third kappa shape index (κ3) is 4.37. The third-order valence-electron chi connectivity index (χ3n) is 3.73. The summed E-state index contributed by atoms with van der Waals surface area (Å²) in [5.74, 6) is -0.733. The van der Waals surface area contributed by atoms with Crippen molar-refractivity contribution < 1.29 is 27.8 Å². The molecule has 0 heterocycles. The second-order valence-corrected chi connectivity index (χ2v) is 5.40. The van der Waals surface area contributed by atoms with Crippen LogP contribution < -0.4 is 10.1 Å². The predicted octanol–water partition coefficient (Wildman–Crippen LogP) is 2.55. The van der Waals surface area contributed by atoms with E-state index in [1.54, 1.807) is 6.07 Å². The molecule has 0 bridgehead atoms. The smallest absolute Gasteiger partial charge is 0.406 e. The van der Waals surface area contributed by atoms with Crippen LogP contribution in [0.2, 0.25) is 0 Å². The number of carbonyl (C=O) groups excluding carboxylic acids is 1. The number of rotatable bonds is 5. The average molecular weight is 317 g/mol. The van der Waals surface area contributed by atoms with Gasteiger partial charge < -0.3 is 15.2 Å². The summed E-state index contributed by atoms with van der Waals surface area (Å²) in [4.78, 5) is 11.9. The fourth-order valence-electron chi connectivity index (χ4n) is 2.60. The van der Waals surface area contributed by atoms with Crippen molar-refractivity contribution in [1.82, 2.24) is 5.32 Å². The van der Waals surface area contributed by atoms with Gasteiger partial charge >= 0.3 is 6.36 Å². The number of aliphatic hydroxyl groups is 1. The molecule has 1 aliphatic rings. The molecule has 22 heavy (non-hydrogen) atoms. The first-order valence-electron chi connectivity index (χ1n) is 7.14. The molecule has 0 atom stereocenters. The van der Waals surface area contributed by atoms with Crippen LogP contribution in [0.4, 0.5) is 13.2 Å². The summed E-state index contributed by atoms with van der Waals surface area (Å²) in [6, 6.07) is 5.79. The maximum Gasteiger partial charge on any atom is 0.573 e. The Morgan fingerprint density at radius 2 is 1.91 bits per heavy atom. The van der Waals surface area contributed by atoms with Crippen molar-refractivity contribution in [3.05, 3.63) is 29.8 Å². The molecule has 1 aromatic carbocycles. The van der Waals surface area contributed by atoms with Gasteiger partial charge in [-0.05, 0) is 43.7 Å². The molecule has 1 aliphatic carbocycles. The number of hydrogen-bond acceptors (Lipinski definition) is 3. The van der Waals surface area contributed by atoms with E-state index in [0.29, 0.717) is 18.4 Å². The van der Waals surface area contributed by atoms with Crippen molar-refractivity contribution in [3.8, 4) is 5.75 Å². The highest BCUT2D eigenvalue weighted by Gasteiger charge is 2.38. The van der Waals surface area contributed by atoms with Crippen LogP contribution in [-0.4, -0.2) is 29.5 Å². The lowest BCUT2D eigenvalue weighted by Gasteiger charge is -2.21. The van der Waals surface area contributed by atoms with Gasteiger partial charge in [0.05, 0.1) is 0 Å². The van der Waals surface area contributed by atoms with Crippen LogP contribution in [0, 0.1) is 0 Å². The maximum absolute atomic E-state index is 12.3. The number of nitrogens with one attached hydrogen (secondary N) is 1. The predicted molar refractivity (Wildman–Crippen MR) is 73.3 cm³/mol. The molecule has 0 spiro atoms. The average Bonchev–Trinajstić information content (AvgIpc) is 2.87. The van der Waals surface area contributed by atoms with Crippen molar-refractivity contribution in [2.75, 3.05) is 6.54 Å². The van der Waals surface area contributed by atoms with Crippen LogP contribution in [0.3, 0.4) is 0 Å². The summed E-state index contributed by atoms with van der Waals surface area (Å²) in [5.41, 5.74) is -0.985. The maximum atomic E-state index is 12.3. The highest BCUT2D eigenvalue weighted by atomic mass is 19.4. The van der Waals surface area contributed by atoms with Crippen LogP contribution >= 0.6 is 0 Å². The quantitative estimate of drug-likeness (QED) is 0.877. The molecule has 4 nitrogen and oxygen atoms in total. The van der Waals surface area contributed by atoms with Gasteiger partial charge in [-0.2, -0.15) is 0 Å². The van der Waals surface area contributed by atoms with E-state index in [1.807, 2.05) is 0 Å². The van der Waals surface area contributed by atoms with Gasteiger partial charge in [0.15, 0.2) is 0 Å². The fourth-order valence-corrected chi connectivity index (χ4v) is 2.60. The second kappa shape index (κ2) is 6.56. The molecule has 1 saturated carbocycles. The number of alkyl halides is 3. The largest absolute Gasteiger partial charge is 0.573 e. The van der Waals surface area contributed by atoms with Crippen molar-refractivity contribution in [3.63, 3.8) is 0 Å². The molecule has 0 aliphatic heterocycles. The van der Waals surface area contributed by atoms with Crippen LogP contribution in [0.15, 0.2) is 24.3 Å². The minimum absolute atomic E-state index is 0.138. The number of amides is 1. The van der Waals surface area contributed by atoms with E-state index >= 15 is 0 Å². The standard InChI is InChI=1S/C15H18F3NO3/c16-15(17,18)22-12-6-2-1-5-11(12)7-10-19-13(20)14(21)8-3-4-9-14/h1-2,5-6,21H,3-4,7-10H2,(H,19,20). The number of benzene rings is 1. The zero-order chi connectivity index (χ0) is 16.2. The summed E-state index contributed by atoms with van der Waals surface area (Å²) in [6.07, 6.45) is -2.12. The van der Waals surface area contributed by atoms with E-state index < -0.39 is 17.9 Å². The van der Waals surface area contributed by atoms with E-state index in [2.05, 4.69) is 10.1 Å². The first kappa shape index (κ1) is 16.6. The molecule has 122 valence electrons. The normalized spacial score (nSPS) is 17.3. The molecule has 0 aromatic heterocycles. The van der Waals surface area contributed by atoms with Crippen molar-refractivity contribution in [1.29, 1.82) is 0 Å². The molecule has 1 amide bonds. The van der Waals surface area contributed by atoms with Crippen molar-refractivity contribution in [2.24, 2.45) is 0 Å². The Kier molecular flexibility index (Phi) is 4.95. The van der Waals surface area contributed by atoms with Gasteiger partial charge in [-0.15, -0.1) is 13.2 Å². The SMILES string of the molecule is O=C(NCCc1ccccc1OC(F)(F)F)C1(O)CCCC1. The van der Waals surface area contributed by atoms with Crippen LogP contribution in [0.5, 0.6) is 5.75 Å². The molecule has 0 radical (unpaired) electrons. The molecule has 1 aromatic rings. The fraction of sp³-hybridized carbons (Fsp3) is 0.533. The summed E-state index contributed by atoms with van der Waals surface area (Å²) in [5, 5.41) is 12.7. The lowest BCUT2D eigenvalue weighted by molar-refractivity contribution is -0.274. The van der Waals surface area contributed by atoms with Gasteiger partial charge in [-0.3, -0.25) is 4.79 Å². The molecule has 2 N–H and O–H groups in total. The Balaban J connectivity index is 1.90. The zero-order valence-corrected chi connectivity index (χ0v) is 11.9. The monoisotopic (exact) mass is 317 g/mol. The first-order chi connectivity index (χ1) is 10.3. The zero-order valence-electron chi connectivity index (χ0n) is 11.9. The molecule has 7 heteroatoms. The van der Waals surface area contributed by atoms with Crippen LogP contribution in [0.1, 0.15) is 31.2 Å². The summed E-state index contributed by atoms with van der Waals surface area (Å²) < 4.78 is 40.9. The van der Waals surface area contributed by atoms with Gasteiger partial charge in [-0.25, -0.2) is 0 Å². The summed E-state index contributed by atoms with van der Waals surface area (Å²) in [7, 11) is 0. The van der Waals surface area contributed by atoms with Gasteiger partial charge in [0.2, 0.25) is 0 Å². The topological polar surface area (TPSA) is 58.6 Å². The van der Waals surface area contributed by atoms with Gasteiger partial charge in [0.25, 0.3) is 5.91 Å². The van der Waals surface area contributed by atoms with E-state index in [-0.39, 0.29) is 18.7 Å². The van der Waals surface area contributed by atoms with Gasteiger partial charge in [0, 0.05) is 6.54 Å². The van der Waals surface area contributed by atoms with E-state index in [4.69, 9.17) is 0 Å².